The van der Waals surface area contributed by atoms with Gasteiger partial charge in [0.2, 0.25) is 5.91 Å². The van der Waals surface area contributed by atoms with Gasteiger partial charge in [0, 0.05) is 17.8 Å². The zero-order valence-corrected chi connectivity index (χ0v) is 12.4. The number of hydrogen-bond acceptors (Lipinski definition) is 3. The number of carboxylic acid groups (broad SMARTS) is 1. The molecule has 2 N–H and O–H groups in total. The fourth-order valence-corrected chi connectivity index (χ4v) is 2.65. The summed E-state index contributed by atoms with van der Waals surface area (Å²) in [6.45, 7) is 0.650. The van der Waals surface area contributed by atoms with Crippen LogP contribution in [0.25, 0.3) is 0 Å². The maximum atomic E-state index is 11.7. The molecular formula is C16H17NO3S. The molecule has 1 aromatic carbocycles. The molecule has 0 aliphatic heterocycles. The van der Waals surface area contributed by atoms with Crippen LogP contribution in [0, 0.1) is 0 Å². The molecule has 21 heavy (non-hydrogen) atoms. The first-order valence-corrected chi connectivity index (χ1v) is 7.64. The van der Waals surface area contributed by atoms with Gasteiger partial charge in [-0.25, -0.2) is 4.79 Å². The fraction of sp³-hybridized carbons (Fsp3) is 0.250. The number of hydrogen-bond donors (Lipinski definition) is 2. The Bertz CT molecular complexity index is 590. The normalized spacial score (nSPS) is 10.3. The molecule has 1 heterocycles. The number of thiophene rings is 1. The van der Waals surface area contributed by atoms with E-state index in [2.05, 4.69) is 11.4 Å². The molecule has 1 aromatic heterocycles. The Hall–Kier alpha value is -2.14. The van der Waals surface area contributed by atoms with Crippen molar-refractivity contribution >= 4 is 23.2 Å². The summed E-state index contributed by atoms with van der Waals surface area (Å²) in [5.74, 6) is -0.915. The zero-order valence-electron chi connectivity index (χ0n) is 11.5. The van der Waals surface area contributed by atoms with Gasteiger partial charge in [-0.05, 0) is 42.0 Å². The highest BCUT2D eigenvalue weighted by molar-refractivity contribution is 7.09. The van der Waals surface area contributed by atoms with Crippen molar-refractivity contribution in [1.82, 2.24) is 5.32 Å². The quantitative estimate of drug-likeness (QED) is 0.826. The summed E-state index contributed by atoms with van der Waals surface area (Å²) in [5, 5.41) is 13.7. The lowest BCUT2D eigenvalue weighted by atomic mass is 10.1. The monoisotopic (exact) mass is 303 g/mol. The Balaban J connectivity index is 1.69. The lowest BCUT2D eigenvalue weighted by molar-refractivity contribution is -0.121. The number of amides is 1. The number of aryl methyl sites for hydroxylation is 1. The Kier molecular flexibility index (Phi) is 5.51. The molecule has 2 rings (SSSR count). The summed E-state index contributed by atoms with van der Waals surface area (Å²) in [7, 11) is 0. The third-order valence-electron chi connectivity index (χ3n) is 3.12. The number of nitrogens with one attached hydrogen (secondary N) is 1. The van der Waals surface area contributed by atoms with E-state index in [-0.39, 0.29) is 11.5 Å². The number of benzene rings is 1. The van der Waals surface area contributed by atoms with E-state index in [0.717, 1.165) is 12.0 Å². The molecule has 0 bridgehead atoms. The maximum absolute atomic E-state index is 11.7. The molecule has 2 aromatic rings. The van der Waals surface area contributed by atoms with Crippen molar-refractivity contribution in [3.63, 3.8) is 0 Å². The molecule has 1 amide bonds. The predicted molar refractivity (Wildman–Crippen MR) is 82.8 cm³/mol. The van der Waals surface area contributed by atoms with Crippen LogP contribution in [0.3, 0.4) is 0 Å². The van der Waals surface area contributed by atoms with Gasteiger partial charge in [0.1, 0.15) is 0 Å². The number of carbonyl (C=O) groups is 2. The van der Waals surface area contributed by atoms with Crippen molar-refractivity contribution in [3.05, 3.63) is 57.8 Å². The largest absolute Gasteiger partial charge is 0.478 e. The smallest absolute Gasteiger partial charge is 0.335 e. The van der Waals surface area contributed by atoms with Crippen molar-refractivity contribution in [2.75, 3.05) is 6.54 Å². The van der Waals surface area contributed by atoms with Gasteiger partial charge in [0.25, 0.3) is 0 Å². The molecule has 0 atom stereocenters. The minimum atomic E-state index is -0.937. The van der Waals surface area contributed by atoms with Gasteiger partial charge in [-0.3, -0.25) is 4.79 Å². The van der Waals surface area contributed by atoms with Crippen molar-refractivity contribution in [2.24, 2.45) is 0 Å². The average Bonchev–Trinajstić information content (AvgIpc) is 2.99. The average molecular weight is 303 g/mol. The molecule has 0 aliphatic carbocycles. The molecule has 0 fully saturated rings. The second-order valence-corrected chi connectivity index (χ2v) is 5.71. The second kappa shape index (κ2) is 7.59. The molecule has 0 unspecified atom stereocenters. The van der Waals surface area contributed by atoms with E-state index in [1.807, 2.05) is 11.4 Å². The van der Waals surface area contributed by atoms with Crippen LogP contribution in [0.4, 0.5) is 0 Å². The molecule has 4 nitrogen and oxygen atoms in total. The van der Waals surface area contributed by atoms with Gasteiger partial charge < -0.3 is 10.4 Å². The summed E-state index contributed by atoms with van der Waals surface area (Å²) >= 11 is 1.69. The maximum Gasteiger partial charge on any atom is 0.335 e. The third kappa shape index (κ3) is 5.04. The standard InChI is InChI=1S/C16H17NO3S/c18-15(17-10-9-14-2-1-11-21-14)8-5-12-3-6-13(7-4-12)16(19)20/h1-4,6-7,11H,5,8-10H2,(H,17,18)(H,19,20). The van der Waals surface area contributed by atoms with Crippen LogP contribution in [-0.4, -0.2) is 23.5 Å². The molecule has 110 valence electrons. The zero-order chi connectivity index (χ0) is 15.1. The Morgan fingerprint density at radius 3 is 2.48 bits per heavy atom. The number of aromatic carboxylic acids is 1. The molecule has 0 saturated carbocycles. The summed E-state index contributed by atoms with van der Waals surface area (Å²) in [6, 6.07) is 10.7. The van der Waals surface area contributed by atoms with Gasteiger partial charge in [-0.2, -0.15) is 0 Å². The minimum Gasteiger partial charge on any atom is -0.478 e. The van der Waals surface area contributed by atoms with Gasteiger partial charge in [-0.1, -0.05) is 18.2 Å². The lowest BCUT2D eigenvalue weighted by Gasteiger charge is -2.05. The predicted octanol–water partition coefficient (Wildman–Crippen LogP) is 2.74. The topological polar surface area (TPSA) is 66.4 Å². The first-order chi connectivity index (χ1) is 10.1. The minimum absolute atomic E-state index is 0.0221. The molecule has 5 heteroatoms. The van der Waals surface area contributed by atoms with Gasteiger partial charge in [0.15, 0.2) is 0 Å². The number of carbonyl (C=O) groups excluding carboxylic acids is 1. The SMILES string of the molecule is O=C(CCc1ccc(C(=O)O)cc1)NCCc1cccs1. The van der Waals surface area contributed by atoms with Crippen LogP contribution in [-0.2, 0) is 17.6 Å². The van der Waals surface area contributed by atoms with Crippen molar-refractivity contribution in [1.29, 1.82) is 0 Å². The molecule has 0 saturated heterocycles. The highest BCUT2D eigenvalue weighted by Crippen LogP contribution is 2.09. The summed E-state index contributed by atoms with van der Waals surface area (Å²) in [4.78, 5) is 23.7. The Labute approximate surface area is 127 Å². The Morgan fingerprint density at radius 1 is 1.10 bits per heavy atom. The first kappa shape index (κ1) is 15.3. The number of carboxylic acids is 1. The van der Waals surface area contributed by atoms with Crippen molar-refractivity contribution < 1.29 is 14.7 Å². The van der Waals surface area contributed by atoms with Gasteiger partial charge >= 0.3 is 5.97 Å². The van der Waals surface area contributed by atoms with Crippen molar-refractivity contribution in [3.8, 4) is 0 Å². The van der Waals surface area contributed by atoms with Crippen molar-refractivity contribution in [2.45, 2.75) is 19.3 Å². The van der Waals surface area contributed by atoms with Crippen LogP contribution in [0.15, 0.2) is 41.8 Å². The highest BCUT2D eigenvalue weighted by atomic mass is 32.1. The van der Waals surface area contributed by atoms with E-state index in [1.54, 1.807) is 35.6 Å². The molecule has 0 aliphatic rings. The Morgan fingerprint density at radius 2 is 1.86 bits per heavy atom. The highest BCUT2D eigenvalue weighted by Gasteiger charge is 2.04. The van der Waals surface area contributed by atoms with E-state index < -0.39 is 5.97 Å². The number of rotatable bonds is 7. The van der Waals surface area contributed by atoms with E-state index in [0.29, 0.717) is 19.4 Å². The summed E-state index contributed by atoms with van der Waals surface area (Å²) in [6.07, 6.45) is 1.89. The third-order valence-corrected chi connectivity index (χ3v) is 4.05. The molecule has 0 radical (unpaired) electrons. The van der Waals surface area contributed by atoms with E-state index in [4.69, 9.17) is 5.11 Å². The first-order valence-electron chi connectivity index (χ1n) is 6.76. The van der Waals surface area contributed by atoms with Gasteiger partial charge in [-0.15, -0.1) is 11.3 Å². The van der Waals surface area contributed by atoms with E-state index in [1.165, 1.54) is 4.88 Å². The summed E-state index contributed by atoms with van der Waals surface area (Å²) in [5.41, 5.74) is 1.23. The van der Waals surface area contributed by atoms with Crippen LogP contribution in [0.5, 0.6) is 0 Å². The van der Waals surface area contributed by atoms with Gasteiger partial charge in [0.05, 0.1) is 5.56 Å². The van der Waals surface area contributed by atoms with Crippen LogP contribution in [0.1, 0.15) is 27.2 Å². The van der Waals surface area contributed by atoms with Crippen LogP contribution >= 0.6 is 11.3 Å². The van der Waals surface area contributed by atoms with Crippen LogP contribution in [0.2, 0.25) is 0 Å². The molecular weight excluding hydrogens is 286 g/mol. The second-order valence-electron chi connectivity index (χ2n) is 4.68. The fourth-order valence-electron chi connectivity index (χ4n) is 1.94. The van der Waals surface area contributed by atoms with E-state index >= 15 is 0 Å². The summed E-state index contributed by atoms with van der Waals surface area (Å²) < 4.78 is 0. The lowest BCUT2D eigenvalue weighted by Crippen LogP contribution is -2.25. The molecule has 0 spiro atoms. The van der Waals surface area contributed by atoms with E-state index in [9.17, 15) is 9.59 Å². The van der Waals surface area contributed by atoms with Crippen LogP contribution < -0.4 is 5.32 Å².